The molecule has 2 aromatic heterocycles. The summed E-state index contributed by atoms with van der Waals surface area (Å²) < 4.78 is 19.4. The molecule has 0 bridgehead atoms. The van der Waals surface area contributed by atoms with Crippen LogP contribution in [0, 0.1) is 0 Å². The number of imidazole rings is 1. The zero-order valence-electron chi connectivity index (χ0n) is 17.4. The van der Waals surface area contributed by atoms with E-state index in [9.17, 15) is 4.79 Å². The van der Waals surface area contributed by atoms with Gasteiger partial charge in [0, 0.05) is 6.92 Å². The molecule has 3 aromatic rings. The summed E-state index contributed by atoms with van der Waals surface area (Å²) in [5, 5.41) is 2.55. The molecule has 9 heteroatoms. The second kappa shape index (κ2) is 10.8. The van der Waals surface area contributed by atoms with Gasteiger partial charge in [0.25, 0.3) is 0 Å². The SMILES string of the molecule is CC(=O)Nc1ncc2c(ncn2COC(COCc2ccccc2)COC(C)C)n1. The number of nitrogens with one attached hydrogen (secondary N) is 1. The maximum absolute atomic E-state index is 11.2. The van der Waals surface area contributed by atoms with Crippen molar-refractivity contribution in [1.82, 2.24) is 19.5 Å². The Labute approximate surface area is 175 Å². The molecule has 0 saturated carbocycles. The van der Waals surface area contributed by atoms with Gasteiger partial charge in [0.1, 0.15) is 18.4 Å². The summed E-state index contributed by atoms with van der Waals surface area (Å²) in [6.07, 6.45) is 3.09. The lowest BCUT2D eigenvalue weighted by Crippen LogP contribution is -2.28. The average Bonchev–Trinajstić information content (AvgIpc) is 3.12. The number of anilines is 1. The van der Waals surface area contributed by atoms with Gasteiger partial charge in [-0.05, 0) is 19.4 Å². The number of rotatable bonds is 11. The summed E-state index contributed by atoms with van der Waals surface area (Å²) in [6, 6.07) is 9.99. The van der Waals surface area contributed by atoms with Crippen molar-refractivity contribution >= 4 is 23.0 Å². The third kappa shape index (κ3) is 6.58. The van der Waals surface area contributed by atoms with Crippen molar-refractivity contribution in [3.05, 3.63) is 48.4 Å². The number of hydrogen-bond acceptors (Lipinski definition) is 7. The first-order valence-corrected chi connectivity index (χ1v) is 9.81. The van der Waals surface area contributed by atoms with Gasteiger partial charge in [-0.1, -0.05) is 30.3 Å². The predicted octanol–water partition coefficient (Wildman–Crippen LogP) is 2.77. The Morgan fingerprint density at radius 3 is 2.67 bits per heavy atom. The summed E-state index contributed by atoms with van der Waals surface area (Å²) in [5.41, 5.74) is 2.29. The van der Waals surface area contributed by atoms with E-state index < -0.39 is 0 Å². The molecule has 2 heterocycles. The Hall–Kier alpha value is -2.88. The fourth-order valence-electron chi connectivity index (χ4n) is 2.68. The Balaban J connectivity index is 1.58. The molecule has 1 amide bonds. The van der Waals surface area contributed by atoms with E-state index in [0.29, 0.717) is 31.0 Å². The lowest BCUT2D eigenvalue weighted by molar-refractivity contribution is -0.114. The molecule has 1 N–H and O–H groups in total. The lowest BCUT2D eigenvalue weighted by atomic mass is 10.2. The van der Waals surface area contributed by atoms with E-state index in [2.05, 4.69) is 20.3 Å². The first kappa shape index (κ1) is 21.8. The molecule has 1 unspecified atom stereocenters. The van der Waals surface area contributed by atoms with E-state index in [-0.39, 0.29) is 30.8 Å². The number of benzene rings is 1. The zero-order valence-corrected chi connectivity index (χ0v) is 17.4. The number of fused-ring (bicyclic) bond motifs is 1. The molecule has 1 atom stereocenters. The van der Waals surface area contributed by atoms with Crippen molar-refractivity contribution in [2.45, 2.75) is 46.3 Å². The third-order valence-electron chi connectivity index (χ3n) is 4.15. The summed E-state index contributed by atoms with van der Waals surface area (Å²) in [5.74, 6) is -0.0145. The van der Waals surface area contributed by atoms with Crippen LogP contribution in [0.25, 0.3) is 11.2 Å². The van der Waals surface area contributed by atoms with Gasteiger partial charge < -0.3 is 18.8 Å². The van der Waals surface area contributed by atoms with Gasteiger partial charge in [0.15, 0.2) is 5.65 Å². The van der Waals surface area contributed by atoms with Crippen LogP contribution in [-0.4, -0.2) is 50.8 Å². The summed E-state index contributed by atoms with van der Waals surface area (Å²) in [6.45, 7) is 6.94. The van der Waals surface area contributed by atoms with Crippen LogP contribution in [-0.2, 0) is 32.3 Å². The first-order chi connectivity index (χ1) is 14.5. The molecular formula is C21H27N5O4. The highest BCUT2D eigenvalue weighted by atomic mass is 16.6. The Morgan fingerprint density at radius 1 is 1.13 bits per heavy atom. The molecule has 160 valence electrons. The van der Waals surface area contributed by atoms with Crippen molar-refractivity contribution < 1.29 is 19.0 Å². The number of carbonyl (C=O) groups excluding carboxylic acids is 1. The molecule has 0 spiro atoms. The predicted molar refractivity (Wildman–Crippen MR) is 112 cm³/mol. The molecule has 0 aliphatic rings. The van der Waals surface area contributed by atoms with Gasteiger partial charge in [-0.3, -0.25) is 10.1 Å². The van der Waals surface area contributed by atoms with Crippen molar-refractivity contribution in [2.24, 2.45) is 0 Å². The normalized spacial score (nSPS) is 12.4. The minimum atomic E-state index is -0.242. The second-order valence-electron chi connectivity index (χ2n) is 7.10. The Kier molecular flexibility index (Phi) is 7.83. The highest BCUT2D eigenvalue weighted by Gasteiger charge is 2.14. The van der Waals surface area contributed by atoms with E-state index in [1.807, 2.05) is 44.2 Å². The van der Waals surface area contributed by atoms with Gasteiger partial charge in [0.05, 0.1) is 38.4 Å². The molecule has 9 nitrogen and oxygen atoms in total. The van der Waals surface area contributed by atoms with Gasteiger partial charge >= 0.3 is 0 Å². The van der Waals surface area contributed by atoms with Gasteiger partial charge in [-0.25, -0.2) is 9.97 Å². The molecular weight excluding hydrogens is 386 g/mol. The number of aromatic nitrogens is 4. The van der Waals surface area contributed by atoms with Crippen molar-refractivity contribution in [3.8, 4) is 0 Å². The summed E-state index contributed by atoms with van der Waals surface area (Å²) >= 11 is 0. The smallest absolute Gasteiger partial charge is 0.231 e. The minimum absolute atomic E-state index is 0.0971. The zero-order chi connectivity index (χ0) is 21.3. The Morgan fingerprint density at radius 2 is 1.93 bits per heavy atom. The maximum atomic E-state index is 11.2. The van der Waals surface area contributed by atoms with Crippen LogP contribution in [0.5, 0.6) is 0 Å². The standard InChI is InChI=1S/C21H27N5O4/c1-15(2)29-12-18(11-28-10-17-7-5-4-6-8-17)30-14-26-13-23-20-19(26)9-22-21(25-20)24-16(3)27/h4-9,13,15,18H,10-12,14H2,1-3H3,(H,22,24,25,27). The maximum Gasteiger partial charge on any atom is 0.231 e. The van der Waals surface area contributed by atoms with Crippen LogP contribution in [0.2, 0.25) is 0 Å². The molecule has 0 radical (unpaired) electrons. The number of hydrogen-bond donors (Lipinski definition) is 1. The van der Waals surface area contributed by atoms with E-state index in [4.69, 9.17) is 14.2 Å². The summed E-state index contributed by atoms with van der Waals surface area (Å²) in [7, 11) is 0. The van der Waals surface area contributed by atoms with Gasteiger partial charge in [-0.2, -0.15) is 4.98 Å². The van der Waals surface area contributed by atoms with E-state index >= 15 is 0 Å². The van der Waals surface area contributed by atoms with E-state index in [1.165, 1.54) is 6.92 Å². The average molecular weight is 413 g/mol. The molecule has 0 fully saturated rings. The molecule has 3 rings (SSSR count). The highest BCUT2D eigenvalue weighted by molar-refractivity contribution is 5.87. The van der Waals surface area contributed by atoms with Gasteiger partial charge in [0.2, 0.25) is 11.9 Å². The van der Waals surface area contributed by atoms with E-state index in [1.54, 1.807) is 17.1 Å². The van der Waals surface area contributed by atoms with Crippen molar-refractivity contribution in [3.63, 3.8) is 0 Å². The van der Waals surface area contributed by atoms with Crippen molar-refractivity contribution in [2.75, 3.05) is 18.5 Å². The number of ether oxygens (including phenoxy) is 3. The van der Waals surface area contributed by atoms with Gasteiger partial charge in [-0.15, -0.1) is 0 Å². The van der Waals surface area contributed by atoms with Crippen LogP contribution in [0.1, 0.15) is 26.3 Å². The molecule has 30 heavy (non-hydrogen) atoms. The molecule has 1 aromatic carbocycles. The molecule has 0 aliphatic carbocycles. The first-order valence-electron chi connectivity index (χ1n) is 9.81. The third-order valence-corrected chi connectivity index (χ3v) is 4.15. The van der Waals surface area contributed by atoms with Crippen LogP contribution in [0.3, 0.4) is 0 Å². The number of carbonyl (C=O) groups is 1. The minimum Gasteiger partial charge on any atom is -0.376 e. The molecule has 0 saturated heterocycles. The quantitative estimate of drug-likeness (QED) is 0.516. The van der Waals surface area contributed by atoms with E-state index in [0.717, 1.165) is 5.56 Å². The second-order valence-corrected chi connectivity index (χ2v) is 7.10. The fraction of sp³-hybridized carbons (Fsp3) is 0.429. The summed E-state index contributed by atoms with van der Waals surface area (Å²) in [4.78, 5) is 23.8. The topological polar surface area (TPSA) is 100 Å². The van der Waals surface area contributed by atoms with Crippen LogP contribution in [0.4, 0.5) is 5.95 Å². The van der Waals surface area contributed by atoms with Crippen molar-refractivity contribution in [1.29, 1.82) is 0 Å². The van der Waals surface area contributed by atoms with Crippen LogP contribution < -0.4 is 5.32 Å². The Bertz CT molecular complexity index is 945. The number of amides is 1. The molecule has 0 aliphatic heterocycles. The number of nitrogens with zero attached hydrogens (tertiary/aromatic N) is 4. The van der Waals surface area contributed by atoms with Crippen LogP contribution in [0.15, 0.2) is 42.9 Å². The monoisotopic (exact) mass is 413 g/mol. The lowest BCUT2D eigenvalue weighted by Gasteiger charge is -2.20. The fourth-order valence-corrected chi connectivity index (χ4v) is 2.68. The largest absolute Gasteiger partial charge is 0.376 e. The highest BCUT2D eigenvalue weighted by Crippen LogP contribution is 2.13. The van der Waals surface area contributed by atoms with Crippen LogP contribution >= 0.6 is 0 Å².